The molecule has 0 aliphatic carbocycles. The quantitative estimate of drug-likeness (QED) is 0.352. The molecule has 0 unspecified atom stereocenters. The lowest BCUT2D eigenvalue weighted by atomic mass is 9.84. The monoisotopic (exact) mass is 472 g/mol. The fourth-order valence-electron chi connectivity index (χ4n) is 4.38. The Morgan fingerprint density at radius 3 is 2.38 bits per heavy atom. The van der Waals surface area contributed by atoms with Gasteiger partial charge in [-0.25, -0.2) is 0 Å². The van der Waals surface area contributed by atoms with Gasteiger partial charge in [-0.1, -0.05) is 39.7 Å². The van der Waals surface area contributed by atoms with Crippen molar-refractivity contribution >= 4 is 0 Å². The first-order valence-corrected chi connectivity index (χ1v) is 12.2. The third-order valence-corrected chi connectivity index (χ3v) is 6.93. The zero-order valence-electron chi connectivity index (χ0n) is 21.4. The molecule has 2 atom stereocenters. The van der Waals surface area contributed by atoms with Crippen LogP contribution in [0.5, 0.6) is 28.7 Å². The highest BCUT2D eigenvalue weighted by molar-refractivity contribution is 5.53. The van der Waals surface area contributed by atoms with Gasteiger partial charge >= 0.3 is 0 Å². The molecule has 188 valence electrons. The summed E-state index contributed by atoms with van der Waals surface area (Å²) in [6.07, 6.45) is 4.27. The molecular weight excluding hydrogens is 432 g/mol. The Bertz CT molecular complexity index is 981. The lowest BCUT2D eigenvalue weighted by Crippen LogP contribution is -2.32. The van der Waals surface area contributed by atoms with Gasteiger partial charge < -0.3 is 29.5 Å². The van der Waals surface area contributed by atoms with Gasteiger partial charge in [-0.05, 0) is 56.2 Å². The lowest BCUT2D eigenvalue weighted by molar-refractivity contribution is 0.0170. The Morgan fingerprint density at radius 1 is 1.00 bits per heavy atom. The van der Waals surface area contributed by atoms with Crippen molar-refractivity contribution in [2.45, 2.75) is 91.0 Å². The second kappa shape index (κ2) is 10.3. The molecule has 1 aliphatic rings. The van der Waals surface area contributed by atoms with Gasteiger partial charge in [0, 0.05) is 24.1 Å². The molecule has 0 fully saturated rings. The summed E-state index contributed by atoms with van der Waals surface area (Å²) in [7, 11) is 1.47. The number of aromatic hydroxyl groups is 2. The van der Waals surface area contributed by atoms with Crippen LogP contribution in [0.25, 0.3) is 0 Å². The van der Waals surface area contributed by atoms with Gasteiger partial charge in [-0.2, -0.15) is 0 Å². The highest BCUT2D eigenvalue weighted by atomic mass is 16.5. The molecule has 6 nitrogen and oxygen atoms in total. The van der Waals surface area contributed by atoms with Crippen LogP contribution >= 0.6 is 0 Å². The topological polar surface area (TPSA) is 88.4 Å². The molecule has 0 aromatic heterocycles. The Kier molecular flexibility index (Phi) is 7.91. The smallest absolute Gasteiger partial charge is 0.160 e. The molecular formula is C28H40O6. The number of hydrogen-bond donors (Lipinski definition) is 3. The van der Waals surface area contributed by atoms with E-state index in [1.54, 1.807) is 24.3 Å². The molecule has 0 radical (unpaired) electrons. The first-order valence-electron chi connectivity index (χ1n) is 12.2. The Balaban J connectivity index is 1.75. The van der Waals surface area contributed by atoms with E-state index in [9.17, 15) is 15.3 Å². The maximum Gasteiger partial charge on any atom is 0.160 e. The van der Waals surface area contributed by atoms with Crippen LogP contribution in [-0.2, 0) is 6.42 Å². The maximum atomic E-state index is 10.9. The fraction of sp³-hybridized carbons (Fsp3) is 0.571. The average molecular weight is 473 g/mol. The van der Waals surface area contributed by atoms with Gasteiger partial charge in [-0.3, -0.25) is 0 Å². The largest absolute Gasteiger partial charge is 0.508 e. The van der Waals surface area contributed by atoms with Gasteiger partial charge in [0.2, 0.25) is 0 Å². The molecule has 1 heterocycles. The third kappa shape index (κ3) is 6.29. The number of aliphatic hydroxyl groups excluding tert-OH is 1. The number of phenols is 2. The molecule has 34 heavy (non-hydrogen) atoms. The summed E-state index contributed by atoms with van der Waals surface area (Å²) in [5.74, 6) is 1.40. The average Bonchev–Trinajstić information content (AvgIpc) is 2.77. The minimum atomic E-state index is -0.826. The summed E-state index contributed by atoms with van der Waals surface area (Å²) < 4.78 is 17.7. The molecule has 0 bridgehead atoms. The van der Waals surface area contributed by atoms with Crippen LogP contribution in [0.3, 0.4) is 0 Å². The predicted molar refractivity (Wildman–Crippen MR) is 133 cm³/mol. The number of benzene rings is 2. The SMILES string of the molecule is CCC(C)(C)CCCCC(C)(C)Oc1cc(O)cc2c1C[C@@H](O)[C@@H](c1ccc(O)c(OC)c1)O2. The van der Waals surface area contributed by atoms with Gasteiger partial charge in [-0.15, -0.1) is 0 Å². The van der Waals surface area contributed by atoms with Crippen LogP contribution in [0.1, 0.15) is 84.0 Å². The lowest BCUT2D eigenvalue weighted by Gasteiger charge is -2.34. The summed E-state index contributed by atoms with van der Waals surface area (Å²) in [6.45, 7) is 11.0. The van der Waals surface area contributed by atoms with Crippen molar-refractivity contribution in [2.75, 3.05) is 7.11 Å². The number of fused-ring (bicyclic) bond motifs is 1. The van der Waals surface area contributed by atoms with Crippen LogP contribution in [0.4, 0.5) is 0 Å². The van der Waals surface area contributed by atoms with Crippen molar-refractivity contribution in [3.05, 3.63) is 41.5 Å². The summed E-state index contributed by atoms with van der Waals surface area (Å²) in [5, 5.41) is 31.2. The second-order valence-electron chi connectivity index (χ2n) is 10.7. The van der Waals surface area contributed by atoms with Gasteiger partial charge in [0.1, 0.15) is 29.0 Å². The molecule has 0 amide bonds. The molecule has 6 heteroatoms. The van der Waals surface area contributed by atoms with Gasteiger partial charge in [0.05, 0.1) is 13.2 Å². The summed E-state index contributed by atoms with van der Waals surface area (Å²) >= 11 is 0. The van der Waals surface area contributed by atoms with E-state index in [0.717, 1.165) is 24.8 Å². The van der Waals surface area contributed by atoms with Gasteiger partial charge in [0.25, 0.3) is 0 Å². The zero-order valence-corrected chi connectivity index (χ0v) is 21.4. The highest BCUT2D eigenvalue weighted by Gasteiger charge is 2.34. The van der Waals surface area contributed by atoms with E-state index in [1.165, 1.54) is 26.0 Å². The van der Waals surface area contributed by atoms with E-state index in [4.69, 9.17) is 14.2 Å². The molecule has 0 spiro atoms. The van der Waals surface area contributed by atoms with Crippen molar-refractivity contribution in [3.8, 4) is 28.7 Å². The van der Waals surface area contributed by atoms with Crippen molar-refractivity contribution in [1.82, 2.24) is 0 Å². The fourth-order valence-corrected chi connectivity index (χ4v) is 4.38. The van der Waals surface area contributed by atoms with Crippen LogP contribution < -0.4 is 14.2 Å². The number of methoxy groups -OCH3 is 1. The third-order valence-electron chi connectivity index (χ3n) is 6.93. The van der Waals surface area contributed by atoms with Crippen molar-refractivity contribution in [2.24, 2.45) is 5.41 Å². The number of rotatable bonds is 10. The van der Waals surface area contributed by atoms with Crippen LogP contribution in [0.2, 0.25) is 0 Å². The molecule has 1 aliphatic heterocycles. The van der Waals surface area contributed by atoms with E-state index in [1.807, 2.05) is 0 Å². The second-order valence-corrected chi connectivity index (χ2v) is 10.7. The minimum Gasteiger partial charge on any atom is -0.508 e. The van der Waals surface area contributed by atoms with E-state index in [0.29, 0.717) is 34.6 Å². The first kappa shape index (κ1) is 26.0. The number of hydrogen-bond acceptors (Lipinski definition) is 6. The minimum absolute atomic E-state index is 0.0192. The number of aliphatic hydroxyl groups is 1. The normalized spacial score (nSPS) is 18.2. The van der Waals surface area contributed by atoms with E-state index in [-0.39, 0.29) is 11.5 Å². The predicted octanol–water partition coefficient (Wildman–Crippen LogP) is 6.30. The molecule has 0 saturated heterocycles. The molecule has 0 saturated carbocycles. The number of unbranched alkanes of at least 4 members (excludes halogenated alkanes) is 1. The van der Waals surface area contributed by atoms with Crippen LogP contribution in [-0.4, -0.2) is 34.1 Å². The summed E-state index contributed by atoms with van der Waals surface area (Å²) in [5.41, 5.74) is 1.35. The Labute approximate surface area is 203 Å². The standard InChI is InChI=1S/C28H40O6/c1-7-27(2,3)12-8-9-13-28(4,5)34-24-16-19(29)15-23-20(24)17-22(31)26(33-23)18-10-11-21(30)25(14-18)32-6/h10-11,14-16,22,26,29-31H,7-9,12-13,17H2,1-6H3/t22-,26-/m1/s1. The van der Waals surface area contributed by atoms with Crippen molar-refractivity contribution in [1.29, 1.82) is 0 Å². The molecule has 3 rings (SSSR count). The molecule has 2 aromatic carbocycles. The number of ether oxygens (including phenoxy) is 3. The summed E-state index contributed by atoms with van der Waals surface area (Å²) in [4.78, 5) is 0. The van der Waals surface area contributed by atoms with Crippen molar-refractivity contribution in [3.63, 3.8) is 0 Å². The highest BCUT2D eigenvalue weighted by Crippen LogP contribution is 2.44. The first-order chi connectivity index (χ1) is 15.9. The number of phenolic OH excluding ortho intramolecular Hbond substituents is 2. The molecule has 2 aromatic rings. The van der Waals surface area contributed by atoms with Crippen molar-refractivity contribution < 1.29 is 29.5 Å². The Morgan fingerprint density at radius 2 is 1.71 bits per heavy atom. The van der Waals surface area contributed by atoms with E-state index < -0.39 is 17.8 Å². The van der Waals surface area contributed by atoms with E-state index in [2.05, 4.69) is 34.6 Å². The van der Waals surface area contributed by atoms with Crippen LogP contribution in [0, 0.1) is 5.41 Å². The van der Waals surface area contributed by atoms with Crippen LogP contribution in [0.15, 0.2) is 30.3 Å². The van der Waals surface area contributed by atoms with E-state index >= 15 is 0 Å². The maximum absolute atomic E-state index is 10.9. The summed E-state index contributed by atoms with van der Waals surface area (Å²) in [6, 6.07) is 8.01. The Hall–Kier alpha value is -2.60. The zero-order chi connectivity index (χ0) is 25.1. The molecule has 3 N–H and O–H groups in total. The van der Waals surface area contributed by atoms with Gasteiger partial charge in [0.15, 0.2) is 11.5 Å².